The van der Waals surface area contributed by atoms with Gasteiger partial charge in [0.1, 0.15) is 0 Å². The SMILES string of the molecule is CN(CCc1ccccn1)C1CCCCC1N. The highest BCUT2D eigenvalue weighted by Crippen LogP contribution is 2.21. The Morgan fingerprint density at radius 2 is 2.18 bits per heavy atom. The summed E-state index contributed by atoms with van der Waals surface area (Å²) < 4.78 is 0. The summed E-state index contributed by atoms with van der Waals surface area (Å²) in [4.78, 5) is 6.77. The Bertz CT molecular complexity index is 325. The summed E-state index contributed by atoms with van der Waals surface area (Å²) in [6.07, 6.45) is 7.93. The maximum absolute atomic E-state index is 6.19. The minimum atomic E-state index is 0.359. The average Bonchev–Trinajstić information content (AvgIpc) is 2.38. The normalized spacial score (nSPS) is 25.1. The van der Waals surface area contributed by atoms with Gasteiger partial charge in [0.15, 0.2) is 0 Å². The Balaban J connectivity index is 1.82. The predicted molar refractivity (Wildman–Crippen MR) is 70.8 cm³/mol. The summed E-state index contributed by atoms with van der Waals surface area (Å²) in [6.45, 7) is 1.05. The van der Waals surface area contributed by atoms with Crippen molar-refractivity contribution in [2.75, 3.05) is 13.6 Å². The van der Waals surface area contributed by atoms with Gasteiger partial charge in [-0.05, 0) is 32.0 Å². The highest BCUT2D eigenvalue weighted by molar-refractivity contribution is 5.04. The van der Waals surface area contributed by atoms with E-state index in [2.05, 4.69) is 29.1 Å². The van der Waals surface area contributed by atoms with Crippen LogP contribution in [0.25, 0.3) is 0 Å². The Hall–Kier alpha value is -0.930. The van der Waals surface area contributed by atoms with E-state index in [1.54, 1.807) is 0 Å². The molecular weight excluding hydrogens is 210 g/mol. The quantitative estimate of drug-likeness (QED) is 0.862. The lowest BCUT2D eigenvalue weighted by Gasteiger charge is -2.36. The first-order valence-corrected chi connectivity index (χ1v) is 6.63. The van der Waals surface area contributed by atoms with Crippen LogP contribution in [0.3, 0.4) is 0 Å². The molecule has 1 heterocycles. The van der Waals surface area contributed by atoms with E-state index < -0.39 is 0 Å². The van der Waals surface area contributed by atoms with Crippen LogP contribution in [0, 0.1) is 0 Å². The number of likely N-dealkylation sites (N-methyl/N-ethyl adjacent to an activating group) is 1. The number of nitrogens with zero attached hydrogens (tertiary/aromatic N) is 2. The van der Waals surface area contributed by atoms with E-state index in [0.717, 1.165) is 13.0 Å². The molecule has 1 fully saturated rings. The lowest BCUT2D eigenvalue weighted by atomic mass is 9.90. The third kappa shape index (κ3) is 3.51. The molecule has 0 saturated heterocycles. The van der Waals surface area contributed by atoms with Gasteiger partial charge in [0.2, 0.25) is 0 Å². The lowest BCUT2D eigenvalue weighted by molar-refractivity contribution is 0.170. The van der Waals surface area contributed by atoms with Gasteiger partial charge < -0.3 is 10.6 Å². The van der Waals surface area contributed by atoms with E-state index in [1.165, 1.54) is 31.4 Å². The number of hydrogen-bond donors (Lipinski definition) is 1. The van der Waals surface area contributed by atoms with Crippen molar-refractivity contribution in [1.82, 2.24) is 9.88 Å². The summed E-state index contributed by atoms with van der Waals surface area (Å²) in [7, 11) is 2.19. The van der Waals surface area contributed by atoms with Gasteiger partial charge in [-0.15, -0.1) is 0 Å². The van der Waals surface area contributed by atoms with Gasteiger partial charge in [0, 0.05) is 36.9 Å². The molecule has 2 rings (SSSR count). The zero-order chi connectivity index (χ0) is 12.1. The van der Waals surface area contributed by atoms with Crippen molar-refractivity contribution in [1.29, 1.82) is 0 Å². The second-order valence-corrected chi connectivity index (χ2v) is 5.07. The molecule has 0 aromatic carbocycles. The van der Waals surface area contributed by atoms with Gasteiger partial charge >= 0.3 is 0 Å². The second kappa shape index (κ2) is 6.12. The molecule has 0 aliphatic heterocycles. The monoisotopic (exact) mass is 233 g/mol. The van der Waals surface area contributed by atoms with E-state index in [1.807, 2.05) is 12.3 Å². The summed E-state index contributed by atoms with van der Waals surface area (Å²) in [5.41, 5.74) is 7.36. The molecule has 2 N–H and O–H groups in total. The minimum absolute atomic E-state index is 0.359. The van der Waals surface area contributed by atoms with Gasteiger partial charge in [0.25, 0.3) is 0 Å². The van der Waals surface area contributed by atoms with Crippen molar-refractivity contribution in [2.24, 2.45) is 5.73 Å². The fourth-order valence-electron chi connectivity index (χ4n) is 2.69. The summed E-state index contributed by atoms with van der Waals surface area (Å²) in [5.74, 6) is 0. The van der Waals surface area contributed by atoms with Crippen molar-refractivity contribution < 1.29 is 0 Å². The molecule has 2 unspecified atom stereocenters. The average molecular weight is 233 g/mol. The summed E-state index contributed by atoms with van der Waals surface area (Å²) in [6, 6.07) is 7.03. The van der Waals surface area contributed by atoms with Crippen LogP contribution in [0.5, 0.6) is 0 Å². The highest BCUT2D eigenvalue weighted by atomic mass is 15.1. The van der Waals surface area contributed by atoms with Crippen LogP contribution < -0.4 is 5.73 Å². The van der Waals surface area contributed by atoms with Crippen molar-refractivity contribution in [2.45, 2.75) is 44.2 Å². The molecule has 17 heavy (non-hydrogen) atoms. The maximum Gasteiger partial charge on any atom is 0.0416 e. The molecule has 1 aliphatic carbocycles. The van der Waals surface area contributed by atoms with Crippen LogP contribution >= 0.6 is 0 Å². The Kier molecular flexibility index (Phi) is 4.51. The standard InChI is InChI=1S/C14H23N3/c1-17(14-8-3-2-7-13(14)15)11-9-12-6-4-5-10-16-12/h4-6,10,13-14H,2-3,7-9,11,15H2,1H3. The van der Waals surface area contributed by atoms with Crippen LogP contribution in [-0.2, 0) is 6.42 Å². The van der Waals surface area contributed by atoms with E-state index in [4.69, 9.17) is 5.73 Å². The largest absolute Gasteiger partial charge is 0.326 e. The van der Waals surface area contributed by atoms with Crippen molar-refractivity contribution >= 4 is 0 Å². The highest BCUT2D eigenvalue weighted by Gasteiger charge is 2.24. The Morgan fingerprint density at radius 1 is 1.35 bits per heavy atom. The van der Waals surface area contributed by atoms with E-state index in [-0.39, 0.29) is 0 Å². The first-order valence-electron chi connectivity index (χ1n) is 6.63. The van der Waals surface area contributed by atoms with Gasteiger partial charge in [-0.1, -0.05) is 18.9 Å². The number of rotatable bonds is 4. The maximum atomic E-state index is 6.19. The van der Waals surface area contributed by atoms with Gasteiger partial charge in [-0.3, -0.25) is 4.98 Å². The number of hydrogen-bond acceptors (Lipinski definition) is 3. The van der Waals surface area contributed by atoms with E-state index >= 15 is 0 Å². The second-order valence-electron chi connectivity index (χ2n) is 5.07. The Labute approximate surface area is 104 Å². The molecule has 0 amide bonds. The molecule has 3 heteroatoms. The third-order valence-corrected chi connectivity index (χ3v) is 3.79. The summed E-state index contributed by atoms with van der Waals surface area (Å²) in [5, 5.41) is 0. The smallest absolute Gasteiger partial charge is 0.0416 e. The molecule has 0 bridgehead atoms. The molecule has 3 nitrogen and oxygen atoms in total. The summed E-state index contributed by atoms with van der Waals surface area (Å²) >= 11 is 0. The molecule has 0 spiro atoms. The van der Waals surface area contributed by atoms with Gasteiger partial charge in [0.05, 0.1) is 0 Å². The van der Waals surface area contributed by atoms with Crippen LogP contribution in [0.4, 0.5) is 0 Å². The van der Waals surface area contributed by atoms with Gasteiger partial charge in [-0.25, -0.2) is 0 Å². The van der Waals surface area contributed by atoms with Crippen LogP contribution in [-0.4, -0.2) is 35.6 Å². The Morgan fingerprint density at radius 3 is 2.88 bits per heavy atom. The first-order chi connectivity index (χ1) is 8.27. The van der Waals surface area contributed by atoms with Crippen molar-refractivity contribution in [3.8, 4) is 0 Å². The fourth-order valence-corrected chi connectivity index (χ4v) is 2.69. The number of aromatic nitrogens is 1. The van der Waals surface area contributed by atoms with Crippen LogP contribution in [0.2, 0.25) is 0 Å². The third-order valence-electron chi connectivity index (χ3n) is 3.79. The van der Waals surface area contributed by atoms with E-state index in [9.17, 15) is 0 Å². The zero-order valence-corrected chi connectivity index (χ0v) is 10.7. The molecule has 1 aromatic heterocycles. The van der Waals surface area contributed by atoms with Crippen molar-refractivity contribution in [3.05, 3.63) is 30.1 Å². The first kappa shape index (κ1) is 12.5. The molecule has 1 aromatic rings. The molecule has 94 valence electrons. The zero-order valence-electron chi connectivity index (χ0n) is 10.7. The topological polar surface area (TPSA) is 42.2 Å². The molecular formula is C14H23N3. The molecule has 0 radical (unpaired) electrons. The lowest BCUT2D eigenvalue weighted by Crippen LogP contribution is -2.48. The fraction of sp³-hybridized carbons (Fsp3) is 0.643. The number of pyridine rings is 1. The van der Waals surface area contributed by atoms with Gasteiger partial charge in [-0.2, -0.15) is 0 Å². The van der Waals surface area contributed by atoms with Crippen LogP contribution in [0.15, 0.2) is 24.4 Å². The molecule has 1 saturated carbocycles. The number of nitrogens with two attached hydrogens (primary N) is 1. The van der Waals surface area contributed by atoms with E-state index in [0.29, 0.717) is 12.1 Å². The molecule has 1 aliphatic rings. The molecule has 2 atom stereocenters. The van der Waals surface area contributed by atoms with Crippen molar-refractivity contribution in [3.63, 3.8) is 0 Å². The minimum Gasteiger partial charge on any atom is -0.326 e. The predicted octanol–water partition coefficient (Wildman–Crippen LogP) is 1.83. The van der Waals surface area contributed by atoms with Crippen LogP contribution in [0.1, 0.15) is 31.4 Å².